The zero-order valence-electron chi connectivity index (χ0n) is 14.8. The van der Waals surface area contributed by atoms with Crippen LogP contribution in [0.15, 0.2) is 30.3 Å². The first-order valence-electron chi connectivity index (χ1n) is 8.59. The molecule has 1 aliphatic rings. The molecule has 24 heavy (non-hydrogen) atoms. The Morgan fingerprint density at radius 2 is 1.83 bits per heavy atom. The second-order valence-electron chi connectivity index (χ2n) is 7.43. The third-order valence-corrected chi connectivity index (χ3v) is 4.32. The maximum atomic E-state index is 12.5. The maximum Gasteiger partial charge on any atom is 0.329 e. The average Bonchev–Trinajstić information content (AvgIpc) is 2.58. The predicted molar refractivity (Wildman–Crippen MR) is 93.2 cm³/mol. The molecule has 1 aromatic carbocycles. The van der Waals surface area contributed by atoms with Gasteiger partial charge < -0.3 is 15.4 Å². The van der Waals surface area contributed by atoms with Gasteiger partial charge in [0.1, 0.15) is 12.6 Å². The van der Waals surface area contributed by atoms with Gasteiger partial charge in [0.15, 0.2) is 0 Å². The van der Waals surface area contributed by atoms with Gasteiger partial charge in [0.05, 0.1) is 0 Å². The summed E-state index contributed by atoms with van der Waals surface area (Å²) in [7, 11) is 0. The molecule has 2 rings (SSSR count). The van der Waals surface area contributed by atoms with E-state index >= 15 is 0 Å². The number of hydrogen-bond donors (Lipinski definition) is 2. The quantitative estimate of drug-likeness (QED) is 0.812. The van der Waals surface area contributed by atoms with Crippen LogP contribution in [0, 0.1) is 11.3 Å². The fourth-order valence-electron chi connectivity index (χ4n) is 2.79. The summed E-state index contributed by atoms with van der Waals surface area (Å²) in [6, 6.07) is 8.90. The largest absolute Gasteiger partial charge is 0.459 e. The third-order valence-electron chi connectivity index (χ3n) is 4.32. The zero-order valence-corrected chi connectivity index (χ0v) is 14.8. The highest BCUT2D eigenvalue weighted by molar-refractivity contribution is 5.86. The van der Waals surface area contributed by atoms with Gasteiger partial charge in [0.2, 0.25) is 5.91 Å². The molecule has 0 aliphatic carbocycles. The Hall–Kier alpha value is -1.88. The number of piperidine rings is 1. The summed E-state index contributed by atoms with van der Waals surface area (Å²) in [5.41, 5.74) is 0.527. The van der Waals surface area contributed by atoms with E-state index < -0.39 is 11.5 Å². The van der Waals surface area contributed by atoms with Gasteiger partial charge in [0.25, 0.3) is 0 Å². The van der Waals surface area contributed by atoms with Crippen LogP contribution < -0.4 is 10.6 Å². The molecule has 1 atom stereocenters. The van der Waals surface area contributed by atoms with Crippen molar-refractivity contribution in [1.82, 2.24) is 10.6 Å². The summed E-state index contributed by atoms with van der Waals surface area (Å²) < 4.78 is 5.44. The monoisotopic (exact) mass is 332 g/mol. The lowest BCUT2D eigenvalue weighted by molar-refractivity contribution is -0.152. The van der Waals surface area contributed by atoms with Crippen LogP contribution in [0.4, 0.5) is 0 Å². The lowest BCUT2D eigenvalue weighted by atomic mass is 9.86. The second-order valence-corrected chi connectivity index (χ2v) is 7.43. The number of ether oxygens (including phenoxy) is 1. The minimum absolute atomic E-state index is 0.0296. The van der Waals surface area contributed by atoms with Crippen LogP contribution in [0.5, 0.6) is 0 Å². The number of esters is 1. The summed E-state index contributed by atoms with van der Waals surface area (Å²) in [4.78, 5) is 25.0. The van der Waals surface area contributed by atoms with Crippen LogP contribution in [0.1, 0.15) is 39.2 Å². The van der Waals surface area contributed by atoms with Crippen LogP contribution >= 0.6 is 0 Å². The summed E-state index contributed by atoms with van der Waals surface area (Å²) >= 11 is 0. The molecule has 0 spiro atoms. The van der Waals surface area contributed by atoms with Gasteiger partial charge in [-0.1, -0.05) is 51.1 Å². The molecule has 1 aliphatic heterocycles. The van der Waals surface area contributed by atoms with Gasteiger partial charge in [-0.15, -0.1) is 0 Å². The summed E-state index contributed by atoms with van der Waals surface area (Å²) in [5.74, 6) is -0.459. The second kappa shape index (κ2) is 8.29. The van der Waals surface area contributed by atoms with E-state index in [0.29, 0.717) is 0 Å². The van der Waals surface area contributed by atoms with Gasteiger partial charge in [-0.25, -0.2) is 4.79 Å². The van der Waals surface area contributed by atoms with E-state index in [-0.39, 0.29) is 24.4 Å². The SMILES string of the molecule is CC(C)(C)[C@H](NC(=O)C1CCNCC1)C(=O)OCc1ccccc1. The molecular weight excluding hydrogens is 304 g/mol. The minimum atomic E-state index is -0.649. The number of amides is 1. The number of benzene rings is 1. The van der Waals surface area contributed by atoms with Crippen LogP contribution in [-0.4, -0.2) is 31.0 Å². The molecule has 1 amide bonds. The van der Waals surface area contributed by atoms with Crippen LogP contribution in [0.3, 0.4) is 0 Å². The van der Waals surface area contributed by atoms with Crippen LogP contribution in [0.2, 0.25) is 0 Å². The number of rotatable bonds is 5. The molecule has 1 saturated heterocycles. The molecule has 5 nitrogen and oxygen atoms in total. The molecule has 0 radical (unpaired) electrons. The molecule has 1 fully saturated rings. The Morgan fingerprint density at radius 1 is 1.21 bits per heavy atom. The number of carbonyl (C=O) groups is 2. The van der Waals surface area contributed by atoms with Crippen molar-refractivity contribution in [2.75, 3.05) is 13.1 Å². The fourth-order valence-corrected chi connectivity index (χ4v) is 2.79. The average molecular weight is 332 g/mol. The van der Waals surface area contributed by atoms with E-state index in [1.54, 1.807) is 0 Å². The molecule has 1 aromatic rings. The molecule has 1 heterocycles. The first-order chi connectivity index (χ1) is 11.4. The van der Waals surface area contributed by atoms with E-state index in [2.05, 4.69) is 10.6 Å². The topological polar surface area (TPSA) is 67.4 Å². The van der Waals surface area contributed by atoms with E-state index in [4.69, 9.17) is 4.74 Å². The predicted octanol–water partition coefficient (Wildman–Crippen LogP) is 2.26. The minimum Gasteiger partial charge on any atom is -0.459 e. The highest BCUT2D eigenvalue weighted by Gasteiger charge is 2.35. The molecule has 5 heteroatoms. The van der Waals surface area contributed by atoms with Crippen molar-refractivity contribution >= 4 is 11.9 Å². The number of hydrogen-bond acceptors (Lipinski definition) is 4. The van der Waals surface area contributed by atoms with Gasteiger partial charge in [-0.2, -0.15) is 0 Å². The van der Waals surface area contributed by atoms with Crippen LogP contribution in [-0.2, 0) is 20.9 Å². The Bertz CT molecular complexity index is 545. The molecule has 2 N–H and O–H groups in total. The molecular formula is C19H28N2O3. The number of carbonyl (C=O) groups excluding carboxylic acids is 2. The van der Waals surface area contributed by atoms with Crippen molar-refractivity contribution in [3.8, 4) is 0 Å². The third kappa shape index (κ3) is 5.34. The number of nitrogens with one attached hydrogen (secondary N) is 2. The van der Waals surface area contributed by atoms with E-state index in [1.807, 2.05) is 51.1 Å². The van der Waals surface area contributed by atoms with Crippen molar-refractivity contribution in [1.29, 1.82) is 0 Å². The van der Waals surface area contributed by atoms with Gasteiger partial charge in [-0.3, -0.25) is 4.79 Å². The lowest BCUT2D eigenvalue weighted by Crippen LogP contribution is -2.52. The van der Waals surface area contributed by atoms with Gasteiger partial charge in [-0.05, 0) is 36.9 Å². The lowest BCUT2D eigenvalue weighted by Gasteiger charge is -2.31. The summed E-state index contributed by atoms with van der Waals surface area (Å²) in [6.07, 6.45) is 1.61. The molecule has 0 unspecified atom stereocenters. The Kier molecular flexibility index (Phi) is 6.37. The van der Waals surface area contributed by atoms with Crippen molar-refractivity contribution < 1.29 is 14.3 Å². The summed E-state index contributed by atoms with van der Waals surface area (Å²) in [6.45, 7) is 7.71. The zero-order chi connectivity index (χ0) is 17.6. The van der Waals surface area contributed by atoms with Gasteiger partial charge in [0, 0.05) is 5.92 Å². The Balaban J connectivity index is 1.96. The molecule has 132 valence electrons. The molecule has 0 aromatic heterocycles. The smallest absolute Gasteiger partial charge is 0.329 e. The fraction of sp³-hybridized carbons (Fsp3) is 0.579. The molecule has 0 saturated carbocycles. The highest BCUT2D eigenvalue weighted by atomic mass is 16.5. The highest BCUT2D eigenvalue weighted by Crippen LogP contribution is 2.22. The van der Waals surface area contributed by atoms with Crippen molar-refractivity contribution in [3.63, 3.8) is 0 Å². The van der Waals surface area contributed by atoms with Crippen molar-refractivity contribution in [2.24, 2.45) is 11.3 Å². The molecule has 0 bridgehead atoms. The van der Waals surface area contributed by atoms with E-state index in [9.17, 15) is 9.59 Å². The van der Waals surface area contributed by atoms with Crippen LogP contribution in [0.25, 0.3) is 0 Å². The van der Waals surface area contributed by atoms with E-state index in [0.717, 1.165) is 31.5 Å². The normalized spacial score (nSPS) is 17.1. The maximum absolute atomic E-state index is 12.5. The first-order valence-corrected chi connectivity index (χ1v) is 8.59. The van der Waals surface area contributed by atoms with Gasteiger partial charge >= 0.3 is 5.97 Å². The standard InChI is InChI=1S/C19H28N2O3/c1-19(2,3)16(21-17(22)15-9-11-20-12-10-15)18(23)24-13-14-7-5-4-6-8-14/h4-8,15-16,20H,9-13H2,1-3H3,(H,21,22)/t16-/m1/s1. The summed E-state index contributed by atoms with van der Waals surface area (Å²) in [5, 5.41) is 6.16. The Morgan fingerprint density at radius 3 is 2.42 bits per heavy atom. The van der Waals surface area contributed by atoms with E-state index in [1.165, 1.54) is 0 Å². The first kappa shape index (κ1) is 18.5. The Labute approximate surface area is 144 Å². The van der Waals surface area contributed by atoms with Crippen molar-refractivity contribution in [3.05, 3.63) is 35.9 Å². The van der Waals surface area contributed by atoms with Crippen molar-refractivity contribution in [2.45, 2.75) is 46.3 Å².